The van der Waals surface area contributed by atoms with Gasteiger partial charge in [-0.05, 0) is 17.7 Å². The molecular formula is C13H12O4. The fraction of sp³-hybridized carbons (Fsp3) is 0.154. The molecule has 88 valence electrons. The van der Waals surface area contributed by atoms with Gasteiger partial charge in [0, 0.05) is 6.08 Å². The van der Waals surface area contributed by atoms with Gasteiger partial charge >= 0.3 is 5.97 Å². The predicted octanol–water partition coefficient (Wildman–Crippen LogP) is 1.08. The van der Waals surface area contributed by atoms with Crippen LogP contribution in [-0.4, -0.2) is 22.3 Å². The fourth-order valence-electron chi connectivity index (χ4n) is 1.53. The van der Waals surface area contributed by atoms with E-state index in [4.69, 9.17) is 4.74 Å². The van der Waals surface area contributed by atoms with Gasteiger partial charge in [-0.3, -0.25) is 0 Å². The molecule has 0 radical (unpaired) electrons. The van der Waals surface area contributed by atoms with Gasteiger partial charge < -0.3 is 14.9 Å². The molecule has 0 saturated carbocycles. The molecule has 1 aliphatic heterocycles. The lowest BCUT2D eigenvalue weighted by atomic mass is 10.0. The lowest BCUT2D eigenvalue weighted by molar-refractivity contribution is -0.132. The van der Waals surface area contributed by atoms with E-state index in [1.54, 1.807) is 24.3 Å². The largest absolute Gasteiger partial charge is 0.424 e. The highest BCUT2D eigenvalue weighted by molar-refractivity contribution is 5.86. The van der Waals surface area contributed by atoms with Crippen LogP contribution in [0.1, 0.15) is 11.7 Å². The predicted molar refractivity (Wildman–Crippen MR) is 60.7 cm³/mol. The normalized spacial score (nSPS) is 20.4. The quantitative estimate of drug-likeness (QED) is 0.765. The number of carbonyl (C=O) groups excluding carboxylic acids is 1. The molecule has 4 heteroatoms. The van der Waals surface area contributed by atoms with E-state index >= 15 is 0 Å². The number of allylic oxidation sites excluding steroid dienone is 1. The standard InChI is InChI=1S/C13H12O4/c14-11(8-10-6-7-12(15)17-10)13(16)9-4-2-1-3-5-9/h1-8,11,13-14,16H/b10-8-/t11-,13+/m0/s1. The third-order valence-electron chi connectivity index (χ3n) is 2.40. The summed E-state index contributed by atoms with van der Waals surface area (Å²) in [4.78, 5) is 10.8. The zero-order valence-electron chi connectivity index (χ0n) is 8.98. The van der Waals surface area contributed by atoms with Gasteiger partial charge in [-0.15, -0.1) is 0 Å². The van der Waals surface area contributed by atoms with Crippen LogP contribution >= 0.6 is 0 Å². The Morgan fingerprint density at radius 2 is 1.82 bits per heavy atom. The highest BCUT2D eigenvalue weighted by Crippen LogP contribution is 2.20. The van der Waals surface area contributed by atoms with Crippen LogP contribution in [0.4, 0.5) is 0 Å². The van der Waals surface area contributed by atoms with Crippen molar-refractivity contribution < 1.29 is 19.7 Å². The van der Waals surface area contributed by atoms with E-state index in [0.717, 1.165) is 0 Å². The lowest BCUT2D eigenvalue weighted by Gasteiger charge is -2.15. The number of cyclic esters (lactones) is 1. The molecule has 1 heterocycles. The molecule has 4 nitrogen and oxygen atoms in total. The molecule has 1 aliphatic rings. The first-order valence-corrected chi connectivity index (χ1v) is 5.19. The van der Waals surface area contributed by atoms with E-state index in [1.165, 1.54) is 18.2 Å². The molecule has 2 rings (SSSR count). The third kappa shape index (κ3) is 2.81. The van der Waals surface area contributed by atoms with E-state index in [2.05, 4.69) is 0 Å². The molecule has 0 unspecified atom stereocenters. The number of esters is 1. The summed E-state index contributed by atoms with van der Waals surface area (Å²) in [6.07, 6.45) is 1.84. The van der Waals surface area contributed by atoms with E-state index < -0.39 is 18.2 Å². The average Bonchev–Trinajstić information content (AvgIpc) is 2.75. The Labute approximate surface area is 98.5 Å². The molecule has 0 aliphatic carbocycles. The number of hydrogen-bond acceptors (Lipinski definition) is 4. The van der Waals surface area contributed by atoms with Crippen LogP contribution < -0.4 is 0 Å². The Balaban J connectivity index is 2.08. The summed E-state index contributed by atoms with van der Waals surface area (Å²) in [5.41, 5.74) is 0.602. The third-order valence-corrected chi connectivity index (χ3v) is 2.40. The summed E-state index contributed by atoms with van der Waals surface area (Å²) < 4.78 is 4.76. The Hall–Kier alpha value is -1.91. The van der Waals surface area contributed by atoms with Gasteiger partial charge in [0.2, 0.25) is 0 Å². The lowest BCUT2D eigenvalue weighted by Crippen LogP contribution is -2.16. The van der Waals surface area contributed by atoms with Gasteiger partial charge in [0.25, 0.3) is 0 Å². The molecule has 0 spiro atoms. The fourth-order valence-corrected chi connectivity index (χ4v) is 1.53. The minimum absolute atomic E-state index is 0.248. The number of rotatable bonds is 3. The summed E-state index contributed by atoms with van der Waals surface area (Å²) in [5, 5.41) is 19.6. The van der Waals surface area contributed by atoms with Gasteiger partial charge in [0.05, 0.1) is 0 Å². The van der Waals surface area contributed by atoms with Crippen molar-refractivity contribution in [3.8, 4) is 0 Å². The molecule has 17 heavy (non-hydrogen) atoms. The molecule has 0 aromatic heterocycles. The zero-order valence-corrected chi connectivity index (χ0v) is 8.98. The van der Waals surface area contributed by atoms with E-state index in [9.17, 15) is 15.0 Å². The second-order valence-electron chi connectivity index (χ2n) is 3.67. The number of aliphatic hydroxyl groups is 2. The first-order chi connectivity index (χ1) is 8.16. The van der Waals surface area contributed by atoms with Gasteiger partial charge in [0.1, 0.15) is 18.0 Å². The van der Waals surface area contributed by atoms with Crippen LogP contribution in [0, 0.1) is 0 Å². The van der Waals surface area contributed by atoms with Crippen molar-refractivity contribution >= 4 is 5.97 Å². The van der Waals surface area contributed by atoms with E-state index in [1.807, 2.05) is 6.07 Å². The Kier molecular flexibility index (Phi) is 3.37. The van der Waals surface area contributed by atoms with Gasteiger partial charge in [-0.1, -0.05) is 30.3 Å². The van der Waals surface area contributed by atoms with Gasteiger partial charge in [-0.25, -0.2) is 4.79 Å². The SMILES string of the molecule is O=C1C=C/C(=C/[C@H](O)[C@H](O)c2ccccc2)O1. The molecule has 0 amide bonds. The van der Waals surface area contributed by atoms with Crippen molar-refractivity contribution in [3.05, 3.63) is 59.9 Å². The Bertz CT molecular complexity index is 462. The highest BCUT2D eigenvalue weighted by Gasteiger charge is 2.18. The molecule has 0 fully saturated rings. The second-order valence-corrected chi connectivity index (χ2v) is 3.67. The molecule has 2 N–H and O–H groups in total. The maximum absolute atomic E-state index is 10.8. The Morgan fingerprint density at radius 1 is 1.12 bits per heavy atom. The minimum Gasteiger partial charge on any atom is -0.424 e. The van der Waals surface area contributed by atoms with Crippen molar-refractivity contribution in [1.82, 2.24) is 0 Å². The van der Waals surface area contributed by atoms with Crippen LogP contribution in [0.25, 0.3) is 0 Å². The first-order valence-electron chi connectivity index (χ1n) is 5.19. The molecule has 0 saturated heterocycles. The highest BCUT2D eigenvalue weighted by atomic mass is 16.5. The average molecular weight is 232 g/mol. The summed E-state index contributed by atoms with van der Waals surface area (Å²) in [6.45, 7) is 0. The molecule has 1 aromatic rings. The minimum atomic E-state index is -1.12. The van der Waals surface area contributed by atoms with E-state index in [0.29, 0.717) is 5.56 Å². The first kappa shape index (κ1) is 11.6. The maximum atomic E-state index is 10.8. The van der Waals surface area contributed by atoms with Crippen LogP contribution in [0.5, 0.6) is 0 Å². The van der Waals surface area contributed by atoms with Gasteiger partial charge in [0.15, 0.2) is 0 Å². The van der Waals surface area contributed by atoms with Crippen LogP contribution in [-0.2, 0) is 9.53 Å². The number of ether oxygens (including phenoxy) is 1. The van der Waals surface area contributed by atoms with Crippen LogP contribution in [0.3, 0.4) is 0 Å². The number of benzene rings is 1. The number of hydrogen-bond donors (Lipinski definition) is 2. The number of carbonyl (C=O) groups is 1. The molecular weight excluding hydrogens is 220 g/mol. The van der Waals surface area contributed by atoms with Crippen molar-refractivity contribution in [2.24, 2.45) is 0 Å². The van der Waals surface area contributed by atoms with E-state index in [-0.39, 0.29) is 5.76 Å². The Morgan fingerprint density at radius 3 is 2.41 bits per heavy atom. The van der Waals surface area contributed by atoms with Gasteiger partial charge in [-0.2, -0.15) is 0 Å². The molecule has 2 atom stereocenters. The smallest absolute Gasteiger partial charge is 0.336 e. The van der Waals surface area contributed by atoms with Crippen LogP contribution in [0.2, 0.25) is 0 Å². The molecule has 0 bridgehead atoms. The number of aliphatic hydroxyl groups excluding tert-OH is 2. The monoisotopic (exact) mass is 232 g/mol. The van der Waals surface area contributed by atoms with Crippen LogP contribution in [0.15, 0.2) is 54.3 Å². The zero-order chi connectivity index (χ0) is 12.3. The summed E-state index contributed by atoms with van der Waals surface area (Å²) in [6, 6.07) is 8.79. The topological polar surface area (TPSA) is 66.8 Å². The molecule has 1 aromatic carbocycles. The summed E-state index contributed by atoms with van der Waals surface area (Å²) in [7, 11) is 0. The second kappa shape index (κ2) is 4.95. The van der Waals surface area contributed by atoms with Crippen molar-refractivity contribution in [1.29, 1.82) is 0 Å². The van der Waals surface area contributed by atoms with Crippen molar-refractivity contribution in [2.45, 2.75) is 12.2 Å². The van der Waals surface area contributed by atoms with Crippen molar-refractivity contribution in [2.75, 3.05) is 0 Å². The summed E-state index contributed by atoms with van der Waals surface area (Å²) >= 11 is 0. The summed E-state index contributed by atoms with van der Waals surface area (Å²) in [5.74, 6) is -0.227. The maximum Gasteiger partial charge on any atom is 0.336 e. The van der Waals surface area contributed by atoms with Crippen molar-refractivity contribution in [3.63, 3.8) is 0 Å².